The smallest absolute Gasteiger partial charge is 0.279 e. The second-order valence-electron chi connectivity index (χ2n) is 6.11. The first kappa shape index (κ1) is 16.5. The van der Waals surface area contributed by atoms with Gasteiger partial charge < -0.3 is 9.47 Å². The van der Waals surface area contributed by atoms with Crippen molar-refractivity contribution in [1.29, 1.82) is 0 Å². The summed E-state index contributed by atoms with van der Waals surface area (Å²) in [5.41, 5.74) is 0.856. The Bertz CT molecular complexity index is 641. The zero-order chi connectivity index (χ0) is 16.3. The predicted octanol–water partition coefficient (Wildman–Crippen LogP) is 2.06. The summed E-state index contributed by atoms with van der Waals surface area (Å²) in [7, 11) is -1.80. The van der Waals surface area contributed by atoms with Crippen LogP contribution >= 0.6 is 0 Å². The summed E-state index contributed by atoms with van der Waals surface area (Å²) in [5.74, 6) is 1.38. The van der Waals surface area contributed by atoms with Crippen LogP contribution in [0.1, 0.15) is 37.7 Å². The largest absolute Gasteiger partial charge is 0.486 e. The van der Waals surface area contributed by atoms with Gasteiger partial charge in [-0.05, 0) is 30.5 Å². The van der Waals surface area contributed by atoms with E-state index < -0.39 is 10.2 Å². The van der Waals surface area contributed by atoms with Crippen molar-refractivity contribution in [3.63, 3.8) is 0 Å². The number of benzene rings is 1. The van der Waals surface area contributed by atoms with Crippen molar-refractivity contribution in [1.82, 2.24) is 9.03 Å². The molecule has 23 heavy (non-hydrogen) atoms. The summed E-state index contributed by atoms with van der Waals surface area (Å²) in [6.07, 6.45) is 5.30. The van der Waals surface area contributed by atoms with Crippen molar-refractivity contribution in [2.75, 3.05) is 20.3 Å². The Morgan fingerprint density at radius 2 is 1.83 bits per heavy atom. The molecule has 0 bridgehead atoms. The van der Waals surface area contributed by atoms with Gasteiger partial charge in [-0.15, -0.1) is 0 Å². The van der Waals surface area contributed by atoms with Crippen LogP contribution in [-0.4, -0.2) is 39.0 Å². The Morgan fingerprint density at radius 3 is 2.57 bits per heavy atom. The van der Waals surface area contributed by atoms with E-state index in [0.29, 0.717) is 24.7 Å². The Balaban J connectivity index is 1.62. The van der Waals surface area contributed by atoms with Crippen molar-refractivity contribution < 1.29 is 17.9 Å². The molecule has 128 valence electrons. The third-order valence-electron chi connectivity index (χ3n) is 4.53. The minimum Gasteiger partial charge on any atom is -0.486 e. The molecule has 1 N–H and O–H groups in total. The molecule has 3 rings (SSSR count). The van der Waals surface area contributed by atoms with Gasteiger partial charge in [0.05, 0.1) is 0 Å². The molecule has 0 aromatic heterocycles. The third kappa shape index (κ3) is 3.97. The summed E-state index contributed by atoms with van der Waals surface area (Å²) >= 11 is 0. The average molecular weight is 340 g/mol. The Hall–Kier alpha value is -1.31. The average Bonchev–Trinajstić information content (AvgIpc) is 2.60. The molecule has 1 fully saturated rings. The van der Waals surface area contributed by atoms with Crippen LogP contribution in [0.4, 0.5) is 0 Å². The van der Waals surface area contributed by atoms with Crippen LogP contribution < -0.4 is 14.2 Å². The van der Waals surface area contributed by atoms with Gasteiger partial charge in [0.1, 0.15) is 13.2 Å². The van der Waals surface area contributed by atoms with Crippen LogP contribution in [-0.2, 0) is 16.8 Å². The molecule has 1 saturated carbocycles. The van der Waals surface area contributed by atoms with Crippen molar-refractivity contribution in [2.45, 2.75) is 44.7 Å². The Labute approximate surface area is 138 Å². The molecule has 1 aromatic rings. The number of ether oxygens (including phenoxy) is 2. The normalized spacial score (nSPS) is 19.0. The summed E-state index contributed by atoms with van der Waals surface area (Å²) < 4.78 is 40.1. The van der Waals surface area contributed by atoms with Crippen LogP contribution in [0.15, 0.2) is 18.2 Å². The van der Waals surface area contributed by atoms with E-state index in [4.69, 9.17) is 9.47 Å². The molecular formula is C16H24N2O4S. The fourth-order valence-electron chi connectivity index (χ4n) is 3.11. The lowest BCUT2D eigenvalue weighted by Crippen LogP contribution is -2.44. The number of nitrogens with zero attached hydrogens (tertiary/aromatic N) is 1. The van der Waals surface area contributed by atoms with Gasteiger partial charge in [-0.3, -0.25) is 0 Å². The second kappa shape index (κ2) is 7.07. The second-order valence-corrected chi connectivity index (χ2v) is 7.93. The van der Waals surface area contributed by atoms with Gasteiger partial charge in [0.15, 0.2) is 11.5 Å². The maximum absolute atomic E-state index is 12.5. The van der Waals surface area contributed by atoms with Gasteiger partial charge in [-0.2, -0.15) is 17.4 Å². The van der Waals surface area contributed by atoms with E-state index in [9.17, 15) is 8.42 Å². The molecule has 0 amide bonds. The fraction of sp³-hybridized carbons (Fsp3) is 0.625. The topological polar surface area (TPSA) is 67.9 Å². The zero-order valence-electron chi connectivity index (χ0n) is 13.5. The maximum atomic E-state index is 12.5. The van der Waals surface area contributed by atoms with Crippen molar-refractivity contribution >= 4 is 10.2 Å². The van der Waals surface area contributed by atoms with Gasteiger partial charge in [-0.1, -0.05) is 25.3 Å². The minimum absolute atomic E-state index is 0.113. The number of nitrogens with one attached hydrogen (secondary N) is 1. The lowest BCUT2D eigenvalue weighted by molar-refractivity contribution is 0.171. The van der Waals surface area contributed by atoms with Crippen LogP contribution in [0.3, 0.4) is 0 Å². The summed E-state index contributed by atoms with van der Waals surface area (Å²) in [4.78, 5) is 0. The highest BCUT2D eigenvalue weighted by atomic mass is 32.2. The molecule has 2 aliphatic rings. The first-order chi connectivity index (χ1) is 11.1. The summed E-state index contributed by atoms with van der Waals surface area (Å²) in [5, 5.41) is 0. The van der Waals surface area contributed by atoms with Gasteiger partial charge in [0.2, 0.25) is 0 Å². The van der Waals surface area contributed by atoms with Crippen molar-refractivity contribution in [2.24, 2.45) is 0 Å². The van der Waals surface area contributed by atoms with Gasteiger partial charge in [0, 0.05) is 19.6 Å². The Morgan fingerprint density at radius 1 is 1.13 bits per heavy atom. The molecule has 1 heterocycles. The summed E-state index contributed by atoms with van der Waals surface area (Å²) in [6, 6.07) is 5.62. The standard InChI is InChI=1S/C16H24N2O4S/c1-18(14-5-3-2-4-6-14)23(19,20)17-12-13-7-8-15-16(11-13)22-10-9-21-15/h7-8,11,14,17H,2-6,9-10,12H2,1H3. The molecule has 0 atom stereocenters. The number of rotatable bonds is 5. The van der Waals surface area contributed by atoms with Crippen LogP contribution in [0.5, 0.6) is 11.5 Å². The molecule has 0 radical (unpaired) electrons. The Kier molecular flexibility index (Phi) is 5.08. The highest BCUT2D eigenvalue weighted by Gasteiger charge is 2.27. The van der Waals surface area contributed by atoms with Gasteiger partial charge >= 0.3 is 0 Å². The number of hydrogen-bond donors (Lipinski definition) is 1. The molecule has 1 aliphatic carbocycles. The first-order valence-corrected chi connectivity index (χ1v) is 9.61. The van der Waals surface area contributed by atoms with E-state index >= 15 is 0 Å². The molecule has 0 spiro atoms. The first-order valence-electron chi connectivity index (χ1n) is 8.17. The minimum atomic E-state index is -3.47. The van der Waals surface area contributed by atoms with E-state index in [1.807, 2.05) is 18.2 Å². The van der Waals surface area contributed by atoms with E-state index in [0.717, 1.165) is 31.2 Å². The molecule has 6 nitrogen and oxygen atoms in total. The molecule has 1 aromatic carbocycles. The monoisotopic (exact) mass is 340 g/mol. The van der Waals surface area contributed by atoms with Crippen molar-refractivity contribution in [3.8, 4) is 11.5 Å². The SMILES string of the molecule is CN(C1CCCCC1)S(=O)(=O)NCc1ccc2c(c1)OCCO2. The summed E-state index contributed by atoms with van der Waals surface area (Å²) in [6.45, 7) is 1.31. The van der Waals surface area contributed by atoms with Crippen LogP contribution in [0, 0.1) is 0 Å². The van der Waals surface area contributed by atoms with E-state index in [-0.39, 0.29) is 12.6 Å². The lowest BCUT2D eigenvalue weighted by Gasteiger charge is -2.30. The fourth-order valence-corrected chi connectivity index (χ4v) is 4.27. The molecule has 7 heteroatoms. The highest BCUT2D eigenvalue weighted by Crippen LogP contribution is 2.30. The van der Waals surface area contributed by atoms with E-state index in [1.54, 1.807) is 7.05 Å². The molecule has 0 saturated heterocycles. The molecular weight excluding hydrogens is 316 g/mol. The molecule has 0 unspecified atom stereocenters. The van der Waals surface area contributed by atoms with Gasteiger partial charge in [-0.25, -0.2) is 0 Å². The van der Waals surface area contributed by atoms with Crippen molar-refractivity contribution in [3.05, 3.63) is 23.8 Å². The predicted molar refractivity (Wildman–Crippen MR) is 87.8 cm³/mol. The number of fused-ring (bicyclic) bond motifs is 1. The molecule has 1 aliphatic heterocycles. The van der Waals surface area contributed by atoms with Crippen LogP contribution in [0.25, 0.3) is 0 Å². The maximum Gasteiger partial charge on any atom is 0.279 e. The van der Waals surface area contributed by atoms with Gasteiger partial charge in [0.25, 0.3) is 10.2 Å². The third-order valence-corrected chi connectivity index (χ3v) is 6.10. The number of hydrogen-bond acceptors (Lipinski definition) is 4. The van der Waals surface area contributed by atoms with Crippen LogP contribution in [0.2, 0.25) is 0 Å². The van der Waals surface area contributed by atoms with E-state index in [2.05, 4.69) is 4.72 Å². The lowest BCUT2D eigenvalue weighted by atomic mass is 9.96. The van der Waals surface area contributed by atoms with E-state index in [1.165, 1.54) is 10.7 Å². The highest BCUT2D eigenvalue weighted by molar-refractivity contribution is 7.87. The zero-order valence-corrected chi connectivity index (χ0v) is 14.3. The quantitative estimate of drug-likeness (QED) is 0.891.